The van der Waals surface area contributed by atoms with E-state index in [1.54, 1.807) is 18.2 Å². The van der Waals surface area contributed by atoms with Crippen molar-refractivity contribution in [3.05, 3.63) is 65.9 Å². The molecule has 2 rings (SSSR count). The Bertz CT molecular complexity index is 881. The number of hydrogen-bond acceptors (Lipinski definition) is 4. The number of carbonyl (C=O) groups excluding carboxylic acids is 1. The Labute approximate surface area is 154 Å². The second kappa shape index (κ2) is 8.27. The normalized spacial score (nSPS) is 11.5. The molecule has 0 spiro atoms. The first kappa shape index (κ1) is 19.8. The van der Waals surface area contributed by atoms with Gasteiger partial charge in [-0.25, -0.2) is 0 Å². The standard InChI is InChI=1S/C19H17F3N4O/c1-26(2)15-9-7-14(8-10-15)24-12-13(11-23)18(27)25-17-6-4-3-5-16(17)19(20,21)22/h3-10,12,24H,1-2H3,(H,25,27)/b13-12-. The third-order valence-corrected chi connectivity index (χ3v) is 3.61. The summed E-state index contributed by atoms with van der Waals surface area (Å²) in [5.74, 6) is -0.938. The summed E-state index contributed by atoms with van der Waals surface area (Å²) in [6, 6.07) is 13.4. The van der Waals surface area contributed by atoms with Crippen molar-refractivity contribution in [3.8, 4) is 6.07 Å². The number of carbonyl (C=O) groups is 1. The zero-order chi connectivity index (χ0) is 20.0. The number of rotatable bonds is 5. The van der Waals surface area contributed by atoms with E-state index in [1.807, 2.05) is 31.1 Å². The van der Waals surface area contributed by atoms with E-state index in [-0.39, 0.29) is 5.57 Å². The van der Waals surface area contributed by atoms with E-state index in [4.69, 9.17) is 5.26 Å². The minimum atomic E-state index is -4.62. The van der Waals surface area contributed by atoms with Crippen LogP contribution in [0.1, 0.15) is 5.56 Å². The highest BCUT2D eigenvalue weighted by atomic mass is 19.4. The zero-order valence-electron chi connectivity index (χ0n) is 14.6. The molecule has 0 saturated heterocycles. The molecular formula is C19H17F3N4O. The van der Waals surface area contributed by atoms with Crippen molar-refractivity contribution in [2.75, 3.05) is 29.6 Å². The minimum Gasteiger partial charge on any atom is -0.378 e. The van der Waals surface area contributed by atoms with Crippen molar-refractivity contribution in [1.29, 1.82) is 5.26 Å². The zero-order valence-corrected chi connectivity index (χ0v) is 14.6. The molecule has 0 radical (unpaired) electrons. The summed E-state index contributed by atoms with van der Waals surface area (Å²) in [7, 11) is 3.78. The number of nitrogens with zero attached hydrogens (tertiary/aromatic N) is 2. The summed E-state index contributed by atoms with van der Waals surface area (Å²) >= 11 is 0. The number of anilines is 3. The number of benzene rings is 2. The van der Waals surface area contributed by atoms with Crippen LogP contribution in [0.15, 0.2) is 60.3 Å². The van der Waals surface area contributed by atoms with E-state index < -0.39 is 23.3 Å². The first-order valence-corrected chi connectivity index (χ1v) is 7.84. The Morgan fingerprint density at radius 1 is 1.11 bits per heavy atom. The second-order valence-corrected chi connectivity index (χ2v) is 5.75. The van der Waals surface area contributed by atoms with Gasteiger partial charge < -0.3 is 15.5 Å². The molecule has 0 saturated carbocycles. The van der Waals surface area contributed by atoms with Crippen molar-refractivity contribution >= 4 is 23.0 Å². The van der Waals surface area contributed by atoms with Crippen LogP contribution in [0.2, 0.25) is 0 Å². The maximum Gasteiger partial charge on any atom is 0.418 e. The maximum atomic E-state index is 13.0. The van der Waals surface area contributed by atoms with E-state index in [0.717, 1.165) is 24.0 Å². The van der Waals surface area contributed by atoms with Crippen molar-refractivity contribution in [3.63, 3.8) is 0 Å². The van der Waals surface area contributed by atoms with Crippen LogP contribution in [0.4, 0.5) is 30.2 Å². The molecule has 0 heterocycles. The number of nitriles is 1. The molecule has 2 aromatic rings. The molecule has 0 aliphatic heterocycles. The fourth-order valence-corrected chi connectivity index (χ4v) is 2.19. The average molecular weight is 374 g/mol. The van der Waals surface area contributed by atoms with Crippen LogP contribution in [-0.4, -0.2) is 20.0 Å². The van der Waals surface area contributed by atoms with E-state index in [1.165, 1.54) is 12.1 Å². The number of hydrogen-bond donors (Lipinski definition) is 2. The molecule has 0 aromatic heterocycles. The molecule has 0 aliphatic rings. The smallest absolute Gasteiger partial charge is 0.378 e. The molecular weight excluding hydrogens is 357 g/mol. The highest BCUT2D eigenvalue weighted by Crippen LogP contribution is 2.34. The van der Waals surface area contributed by atoms with Gasteiger partial charge in [0.1, 0.15) is 11.6 Å². The first-order valence-electron chi connectivity index (χ1n) is 7.84. The van der Waals surface area contributed by atoms with Gasteiger partial charge in [0.05, 0.1) is 11.3 Å². The van der Waals surface area contributed by atoms with E-state index in [2.05, 4.69) is 10.6 Å². The van der Waals surface area contributed by atoms with Gasteiger partial charge in [0, 0.05) is 31.7 Å². The molecule has 0 atom stereocenters. The van der Waals surface area contributed by atoms with Crippen molar-refractivity contribution in [2.45, 2.75) is 6.18 Å². The third-order valence-electron chi connectivity index (χ3n) is 3.61. The third kappa shape index (κ3) is 5.25. The van der Waals surface area contributed by atoms with Crippen molar-refractivity contribution in [1.82, 2.24) is 0 Å². The number of nitrogens with one attached hydrogen (secondary N) is 2. The summed E-state index contributed by atoms with van der Waals surface area (Å²) in [4.78, 5) is 14.1. The van der Waals surface area contributed by atoms with Crippen LogP contribution < -0.4 is 15.5 Å². The monoisotopic (exact) mass is 374 g/mol. The minimum absolute atomic E-state index is 0.358. The molecule has 0 bridgehead atoms. The Kier molecular flexibility index (Phi) is 6.08. The number of alkyl halides is 3. The van der Waals surface area contributed by atoms with Crippen LogP contribution in [0.25, 0.3) is 0 Å². The highest BCUT2D eigenvalue weighted by Gasteiger charge is 2.33. The van der Waals surface area contributed by atoms with Gasteiger partial charge in [-0.15, -0.1) is 0 Å². The van der Waals surface area contributed by atoms with Crippen LogP contribution in [0.3, 0.4) is 0 Å². The molecule has 1 amide bonds. The van der Waals surface area contributed by atoms with Gasteiger partial charge in [0.25, 0.3) is 5.91 Å². The molecule has 0 aliphatic carbocycles. The molecule has 140 valence electrons. The van der Waals surface area contributed by atoms with E-state index >= 15 is 0 Å². The van der Waals surface area contributed by atoms with Crippen molar-refractivity contribution in [2.24, 2.45) is 0 Å². The van der Waals surface area contributed by atoms with Gasteiger partial charge >= 0.3 is 6.18 Å². The van der Waals surface area contributed by atoms with Gasteiger partial charge in [-0.1, -0.05) is 12.1 Å². The van der Waals surface area contributed by atoms with Gasteiger partial charge in [0.15, 0.2) is 0 Å². The Morgan fingerprint density at radius 2 is 1.74 bits per heavy atom. The lowest BCUT2D eigenvalue weighted by Crippen LogP contribution is -2.18. The quantitative estimate of drug-likeness (QED) is 0.607. The summed E-state index contributed by atoms with van der Waals surface area (Å²) in [5.41, 5.74) is -0.165. The predicted molar refractivity (Wildman–Crippen MR) is 98.2 cm³/mol. The summed E-state index contributed by atoms with van der Waals surface area (Å²) in [6.07, 6.45) is -3.47. The topological polar surface area (TPSA) is 68.2 Å². The van der Waals surface area contributed by atoms with E-state index in [9.17, 15) is 18.0 Å². The Hall–Kier alpha value is -3.47. The van der Waals surface area contributed by atoms with Crippen LogP contribution in [0, 0.1) is 11.3 Å². The lowest BCUT2D eigenvalue weighted by Gasteiger charge is -2.13. The lowest BCUT2D eigenvalue weighted by molar-refractivity contribution is -0.137. The SMILES string of the molecule is CN(C)c1ccc(N/C=C(/C#N)C(=O)Nc2ccccc2C(F)(F)F)cc1. The van der Waals surface area contributed by atoms with Crippen LogP contribution in [0.5, 0.6) is 0 Å². The molecule has 0 unspecified atom stereocenters. The molecule has 27 heavy (non-hydrogen) atoms. The average Bonchev–Trinajstić information content (AvgIpc) is 2.62. The first-order chi connectivity index (χ1) is 12.7. The summed E-state index contributed by atoms with van der Waals surface area (Å²) < 4.78 is 39.0. The molecule has 2 N–H and O–H groups in total. The molecule has 0 fully saturated rings. The Balaban J connectivity index is 2.15. The van der Waals surface area contributed by atoms with Gasteiger partial charge in [0.2, 0.25) is 0 Å². The molecule has 8 heteroatoms. The van der Waals surface area contributed by atoms with Crippen LogP contribution in [-0.2, 0) is 11.0 Å². The maximum absolute atomic E-state index is 13.0. The fourth-order valence-electron chi connectivity index (χ4n) is 2.19. The predicted octanol–water partition coefficient (Wildman–Crippen LogP) is 4.23. The summed E-state index contributed by atoms with van der Waals surface area (Å²) in [6.45, 7) is 0. The van der Waals surface area contributed by atoms with Gasteiger partial charge in [-0.05, 0) is 36.4 Å². The molecule has 5 nitrogen and oxygen atoms in total. The Morgan fingerprint density at radius 3 is 2.30 bits per heavy atom. The number of para-hydroxylation sites is 1. The van der Waals surface area contributed by atoms with Gasteiger partial charge in [-0.3, -0.25) is 4.79 Å². The number of amides is 1. The second-order valence-electron chi connectivity index (χ2n) is 5.75. The fraction of sp³-hybridized carbons (Fsp3) is 0.158. The van der Waals surface area contributed by atoms with Gasteiger partial charge in [-0.2, -0.15) is 18.4 Å². The highest BCUT2D eigenvalue weighted by molar-refractivity contribution is 6.07. The van der Waals surface area contributed by atoms with Crippen molar-refractivity contribution < 1.29 is 18.0 Å². The number of halogens is 3. The largest absolute Gasteiger partial charge is 0.418 e. The molecule has 2 aromatic carbocycles. The van der Waals surface area contributed by atoms with Crippen LogP contribution >= 0.6 is 0 Å². The van der Waals surface area contributed by atoms with E-state index in [0.29, 0.717) is 5.69 Å². The lowest BCUT2D eigenvalue weighted by atomic mass is 10.1. The summed E-state index contributed by atoms with van der Waals surface area (Å²) in [5, 5.41) is 14.1.